The van der Waals surface area contributed by atoms with E-state index in [1.54, 1.807) is 0 Å². The first-order valence-electron chi connectivity index (χ1n) is 7.63. The molecule has 0 aliphatic rings. The molecule has 0 saturated carbocycles. The lowest BCUT2D eigenvalue weighted by molar-refractivity contribution is 0.302. The summed E-state index contributed by atoms with van der Waals surface area (Å²) in [7, 11) is 0. The fourth-order valence-corrected chi connectivity index (χ4v) is 2.40. The smallest absolute Gasteiger partial charge is 0.133 e. The average molecular weight is 287 g/mol. The highest BCUT2D eigenvalue weighted by Gasteiger charge is 2.13. The van der Waals surface area contributed by atoms with Gasteiger partial charge in [-0.25, -0.2) is 4.98 Å². The van der Waals surface area contributed by atoms with Crippen molar-refractivity contribution in [2.45, 2.75) is 33.4 Å². The Balaban J connectivity index is 2.44. The van der Waals surface area contributed by atoms with Crippen LogP contribution in [0.3, 0.4) is 0 Å². The van der Waals surface area contributed by atoms with Gasteiger partial charge in [0.2, 0.25) is 0 Å². The molecule has 0 unspecified atom stereocenters. The standard InChI is InChI=1S/C17H25N3O/c1-4-20(9-10-21)17-15(12-18-13(2)3)11-14-7-5-6-8-16(14)19-17/h5-8,11,13,18,21H,4,9-10,12H2,1-3H3. The minimum absolute atomic E-state index is 0.138. The van der Waals surface area contributed by atoms with Gasteiger partial charge in [-0.05, 0) is 19.1 Å². The first-order valence-corrected chi connectivity index (χ1v) is 7.63. The van der Waals surface area contributed by atoms with Gasteiger partial charge in [-0.15, -0.1) is 0 Å². The zero-order valence-electron chi connectivity index (χ0n) is 13.1. The van der Waals surface area contributed by atoms with Gasteiger partial charge in [0.1, 0.15) is 5.82 Å². The third-order valence-electron chi connectivity index (χ3n) is 3.53. The second-order valence-corrected chi connectivity index (χ2v) is 5.50. The Morgan fingerprint density at radius 3 is 2.71 bits per heavy atom. The first-order chi connectivity index (χ1) is 10.2. The van der Waals surface area contributed by atoms with E-state index in [2.05, 4.69) is 43.1 Å². The predicted molar refractivity (Wildman–Crippen MR) is 88.7 cm³/mol. The molecule has 0 fully saturated rings. The Morgan fingerprint density at radius 1 is 1.29 bits per heavy atom. The number of anilines is 1. The number of hydrogen-bond acceptors (Lipinski definition) is 4. The number of fused-ring (bicyclic) bond motifs is 1. The van der Waals surface area contributed by atoms with E-state index in [9.17, 15) is 5.11 Å². The van der Waals surface area contributed by atoms with Crippen LogP contribution in [0.25, 0.3) is 10.9 Å². The lowest BCUT2D eigenvalue weighted by atomic mass is 10.1. The molecule has 2 rings (SSSR count). The number of likely N-dealkylation sites (N-methyl/N-ethyl adjacent to an activating group) is 1. The summed E-state index contributed by atoms with van der Waals surface area (Å²) in [6.45, 7) is 8.73. The number of pyridine rings is 1. The van der Waals surface area contributed by atoms with Gasteiger partial charge in [0.25, 0.3) is 0 Å². The Bertz CT molecular complexity index is 583. The summed E-state index contributed by atoms with van der Waals surface area (Å²) in [4.78, 5) is 6.95. The minimum Gasteiger partial charge on any atom is -0.395 e. The molecule has 1 heterocycles. The normalized spacial score (nSPS) is 11.3. The molecule has 21 heavy (non-hydrogen) atoms. The van der Waals surface area contributed by atoms with Crippen molar-refractivity contribution >= 4 is 16.7 Å². The van der Waals surface area contributed by atoms with Gasteiger partial charge in [0.05, 0.1) is 12.1 Å². The van der Waals surface area contributed by atoms with Crippen molar-refractivity contribution in [2.75, 3.05) is 24.6 Å². The van der Waals surface area contributed by atoms with Crippen molar-refractivity contribution in [3.8, 4) is 0 Å². The monoisotopic (exact) mass is 287 g/mol. The summed E-state index contributed by atoms with van der Waals surface area (Å²) in [5, 5.41) is 13.9. The van der Waals surface area contributed by atoms with Gasteiger partial charge in [-0.3, -0.25) is 0 Å². The molecule has 0 atom stereocenters. The van der Waals surface area contributed by atoms with Crippen LogP contribution in [0.5, 0.6) is 0 Å². The number of nitrogens with zero attached hydrogens (tertiary/aromatic N) is 2. The average Bonchev–Trinajstić information content (AvgIpc) is 2.49. The van der Waals surface area contributed by atoms with E-state index in [1.807, 2.05) is 18.2 Å². The fraction of sp³-hybridized carbons (Fsp3) is 0.471. The molecule has 0 amide bonds. The van der Waals surface area contributed by atoms with Gasteiger partial charge < -0.3 is 15.3 Å². The summed E-state index contributed by atoms with van der Waals surface area (Å²) in [6.07, 6.45) is 0. The van der Waals surface area contributed by atoms with Crippen LogP contribution in [0.4, 0.5) is 5.82 Å². The molecule has 114 valence electrons. The Kier molecular flexibility index (Phi) is 5.53. The highest BCUT2D eigenvalue weighted by Crippen LogP contribution is 2.23. The Morgan fingerprint density at radius 2 is 2.05 bits per heavy atom. The van der Waals surface area contributed by atoms with Gasteiger partial charge in [-0.1, -0.05) is 32.0 Å². The molecular formula is C17H25N3O. The highest BCUT2D eigenvalue weighted by atomic mass is 16.3. The lowest BCUT2D eigenvalue weighted by Crippen LogP contribution is -2.30. The largest absolute Gasteiger partial charge is 0.395 e. The molecule has 0 bridgehead atoms. The highest BCUT2D eigenvalue weighted by molar-refractivity contribution is 5.81. The number of aliphatic hydroxyl groups is 1. The molecule has 2 aromatic rings. The number of nitrogens with one attached hydrogen (secondary N) is 1. The molecule has 0 radical (unpaired) electrons. The summed E-state index contributed by atoms with van der Waals surface area (Å²) < 4.78 is 0. The van der Waals surface area contributed by atoms with Crippen LogP contribution >= 0.6 is 0 Å². The SMILES string of the molecule is CCN(CCO)c1nc2ccccc2cc1CNC(C)C. The van der Waals surface area contributed by atoms with Crippen molar-refractivity contribution in [1.82, 2.24) is 10.3 Å². The lowest BCUT2D eigenvalue weighted by Gasteiger charge is -2.24. The molecule has 1 aromatic heterocycles. The van der Waals surface area contributed by atoms with Crippen molar-refractivity contribution < 1.29 is 5.11 Å². The van der Waals surface area contributed by atoms with Crippen LogP contribution in [0, 0.1) is 0 Å². The topological polar surface area (TPSA) is 48.4 Å². The summed E-state index contributed by atoms with van der Waals surface area (Å²) in [5.74, 6) is 0.971. The first kappa shape index (κ1) is 15.7. The number of benzene rings is 1. The van der Waals surface area contributed by atoms with Crippen LogP contribution in [-0.4, -0.2) is 35.8 Å². The summed E-state index contributed by atoms with van der Waals surface area (Å²) in [5.41, 5.74) is 2.18. The van der Waals surface area contributed by atoms with Crippen LogP contribution < -0.4 is 10.2 Å². The second-order valence-electron chi connectivity index (χ2n) is 5.50. The molecule has 4 nitrogen and oxygen atoms in total. The van der Waals surface area contributed by atoms with Gasteiger partial charge in [0, 0.05) is 36.6 Å². The molecule has 0 saturated heterocycles. The predicted octanol–water partition coefficient (Wildman–Crippen LogP) is 2.55. The van der Waals surface area contributed by atoms with Crippen molar-refractivity contribution in [2.24, 2.45) is 0 Å². The molecule has 4 heteroatoms. The number of aromatic nitrogens is 1. The second kappa shape index (κ2) is 7.38. The molecule has 0 aliphatic heterocycles. The number of hydrogen-bond donors (Lipinski definition) is 2. The molecule has 0 aliphatic carbocycles. The maximum Gasteiger partial charge on any atom is 0.133 e. The number of aliphatic hydroxyl groups excluding tert-OH is 1. The number of rotatable bonds is 7. The zero-order valence-corrected chi connectivity index (χ0v) is 13.1. The van der Waals surface area contributed by atoms with E-state index in [1.165, 1.54) is 5.56 Å². The van der Waals surface area contributed by atoms with Crippen LogP contribution in [-0.2, 0) is 6.54 Å². The third kappa shape index (κ3) is 3.93. The van der Waals surface area contributed by atoms with Gasteiger partial charge >= 0.3 is 0 Å². The molecular weight excluding hydrogens is 262 g/mol. The summed E-state index contributed by atoms with van der Waals surface area (Å²) >= 11 is 0. The van der Waals surface area contributed by atoms with Gasteiger partial charge in [-0.2, -0.15) is 0 Å². The van der Waals surface area contributed by atoms with Crippen molar-refractivity contribution in [3.05, 3.63) is 35.9 Å². The van der Waals surface area contributed by atoms with Crippen molar-refractivity contribution in [3.63, 3.8) is 0 Å². The molecule has 1 aromatic carbocycles. The van der Waals surface area contributed by atoms with Crippen molar-refractivity contribution in [1.29, 1.82) is 0 Å². The van der Waals surface area contributed by atoms with Crippen LogP contribution in [0.15, 0.2) is 30.3 Å². The van der Waals surface area contributed by atoms with Crippen LogP contribution in [0.2, 0.25) is 0 Å². The van der Waals surface area contributed by atoms with Crippen LogP contribution in [0.1, 0.15) is 26.3 Å². The Hall–Kier alpha value is -1.65. The summed E-state index contributed by atoms with van der Waals surface area (Å²) in [6, 6.07) is 10.8. The fourth-order valence-electron chi connectivity index (χ4n) is 2.40. The van der Waals surface area contributed by atoms with E-state index in [-0.39, 0.29) is 6.61 Å². The number of para-hydroxylation sites is 1. The van der Waals surface area contributed by atoms with E-state index in [0.29, 0.717) is 12.6 Å². The maximum atomic E-state index is 9.27. The maximum absolute atomic E-state index is 9.27. The quantitative estimate of drug-likeness (QED) is 0.821. The Labute approximate surface area is 126 Å². The minimum atomic E-state index is 0.138. The third-order valence-corrected chi connectivity index (χ3v) is 3.53. The molecule has 2 N–H and O–H groups in total. The van der Waals surface area contributed by atoms with E-state index >= 15 is 0 Å². The van der Waals surface area contributed by atoms with Gasteiger partial charge in [0.15, 0.2) is 0 Å². The zero-order chi connectivity index (χ0) is 15.2. The molecule has 0 spiro atoms. The van der Waals surface area contributed by atoms with E-state index in [4.69, 9.17) is 4.98 Å². The van der Waals surface area contributed by atoms with E-state index < -0.39 is 0 Å². The van der Waals surface area contributed by atoms with E-state index in [0.717, 1.165) is 29.8 Å².